The fourth-order valence-corrected chi connectivity index (χ4v) is 6.00. The van der Waals surface area contributed by atoms with Gasteiger partial charge < -0.3 is 5.32 Å². The van der Waals surface area contributed by atoms with Gasteiger partial charge in [-0.3, -0.25) is 4.79 Å². The monoisotopic (exact) mass is 487 g/mol. The third kappa shape index (κ3) is 3.89. The van der Waals surface area contributed by atoms with Gasteiger partial charge in [0.15, 0.2) is 17.0 Å². The van der Waals surface area contributed by atoms with Crippen molar-refractivity contribution in [2.75, 3.05) is 5.32 Å². The van der Waals surface area contributed by atoms with Gasteiger partial charge in [0.25, 0.3) is 5.91 Å². The standard InChI is InChI=1S/C22H16F3N5OS2/c1-11-4-5-12-13(10-26)21(33-17(12)7-11)28-20(31)15-9-19-27-14(16-3-2-6-32-16)8-18(22(23,24)25)30(19)29-15/h2-3,6,8-9,11H,4-5,7H2,1H3,(H,28,31)/t11-/m0/s1. The van der Waals surface area contributed by atoms with Gasteiger partial charge in [0.1, 0.15) is 11.1 Å². The second-order valence-corrected chi connectivity index (χ2v) is 9.98. The van der Waals surface area contributed by atoms with Crippen LogP contribution >= 0.6 is 22.7 Å². The number of fused-ring (bicyclic) bond motifs is 2. The Morgan fingerprint density at radius 3 is 2.88 bits per heavy atom. The van der Waals surface area contributed by atoms with Gasteiger partial charge in [0.2, 0.25) is 0 Å². The maximum absolute atomic E-state index is 13.7. The highest BCUT2D eigenvalue weighted by atomic mass is 32.1. The maximum Gasteiger partial charge on any atom is 0.433 e. The summed E-state index contributed by atoms with van der Waals surface area (Å²) in [5.41, 5.74) is 0.218. The number of carbonyl (C=O) groups is 1. The van der Waals surface area contributed by atoms with Crippen molar-refractivity contribution >= 4 is 39.2 Å². The number of nitriles is 1. The lowest BCUT2D eigenvalue weighted by atomic mass is 9.89. The average Bonchev–Trinajstić information content (AvgIpc) is 3.49. The topological polar surface area (TPSA) is 83.1 Å². The third-order valence-corrected chi connectivity index (χ3v) is 7.64. The third-order valence-electron chi connectivity index (χ3n) is 5.57. The predicted octanol–water partition coefficient (Wildman–Crippen LogP) is 5.79. The molecule has 1 aliphatic rings. The summed E-state index contributed by atoms with van der Waals surface area (Å²) < 4.78 is 41.9. The zero-order valence-corrected chi connectivity index (χ0v) is 18.9. The second kappa shape index (κ2) is 7.97. The number of anilines is 1. The van der Waals surface area contributed by atoms with Crippen molar-refractivity contribution in [1.82, 2.24) is 14.6 Å². The van der Waals surface area contributed by atoms with Gasteiger partial charge in [-0.15, -0.1) is 22.7 Å². The number of amides is 1. The Labute approximate surface area is 194 Å². The van der Waals surface area contributed by atoms with Crippen LogP contribution in [-0.4, -0.2) is 20.5 Å². The molecule has 0 bridgehead atoms. The molecule has 6 nitrogen and oxygen atoms in total. The van der Waals surface area contributed by atoms with Crippen LogP contribution in [0.1, 0.15) is 45.5 Å². The highest BCUT2D eigenvalue weighted by molar-refractivity contribution is 7.16. The molecule has 0 fully saturated rings. The molecule has 1 N–H and O–H groups in total. The van der Waals surface area contributed by atoms with Gasteiger partial charge in [-0.1, -0.05) is 13.0 Å². The van der Waals surface area contributed by atoms with E-state index in [0.717, 1.165) is 35.8 Å². The lowest BCUT2D eigenvalue weighted by Crippen LogP contribution is -2.15. The molecule has 168 valence electrons. The second-order valence-electron chi connectivity index (χ2n) is 7.92. The van der Waals surface area contributed by atoms with Crippen LogP contribution in [0.3, 0.4) is 0 Å². The Balaban J connectivity index is 1.53. The Hall–Kier alpha value is -3.23. The number of carbonyl (C=O) groups excluding carboxylic acids is 1. The van der Waals surface area contributed by atoms with Crippen LogP contribution in [-0.2, 0) is 19.0 Å². The van der Waals surface area contributed by atoms with E-state index in [1.807, 2.05) is 0 Å². The molecule has 4 aromatic heterocycles. The van der Waals surface area contributed by atoms with Crippen LogP contribution in [0.4, 0.5) is 18.2 Å². The van der Waals surface area contributed by atoms with Gasteiger partial charge in [-0.05, 0) is 48.3 Å². The molecule has 0 aromatic carbocycles. The van der Waals surface area contributed by atoms with Crippen molar-refractivity contribution in [3.05, 3.63) is 57.0 Å². The fourth-order valence-electron chi connectivity index (χ4n) is 3.96. The van der Waals surface area contributed by atoms with E-state index < -0.39 is 17.8 Å². The summed E-state index contributed by atoms with van der Waals surface area (Å²) in [6.07, 6.45) is -2.12. The van der Waals surface area contributed by atoms with Gasteiger partial charge >= 0.3 is 6.18 Å². The van der Waals surface area contributed by atoms with Crippen LogP contribution in [0.2, 0.25) is 0 Å². The van der Waals surface area contributed by atoms with Crippen molar-refractivity contribution in [3.63, 3.8) is 0 Å². The first-order valence-corrected chi connectivity index (χ1v) is 11.8. The summed E-state index contributed by atoms with van der Waals surface area (Å²) in [5, 5.41) is 18.4. The van der Waals surface area contributed by atoms with E-state index >= 15 is 0 Å². The molecule has 1 aliphatic carbocycles. The van der Waals surface area contributed by atoms with Gasteiger partial charge in [-0.25, -0.2) is 9.50 Å². The molecular weight excluding hydrogens is 471 g/mol. The number of nitrogens with one attached hydrogen (secondary N) is 1. The highest BCUT2D eigenvalue weighted by Gasteiger charge is 2.36. The van der Waals surface area contributed by atoms with Gasteiger partial charge in [0.05, 0.1) is 16.1 Å². The summed E-state index contributed by atoms with van der Waals surface area (Å²) in [5.74, 6) is -0.191. The molecule has 0 aliphatic heterocycles. The first kappa shape index (κ1) is 21.6. The quantitative estimate of drug-likeness (QED) is 0.397. The fraction of sp³-hybridized carbons (Fsp3) is 0.273. The minimum absolute atomic E-state index is 0.0850. The van der Waals surface area contributed by atoms with Crippen LogP contribution in [0.15, 0.2) is 29.6 Å². The normalized spacial score (nSPS) is 15.9. The van der Waals surface area contributed by atoms with E-state index in [2.05, 4.69) is 28.4 Å². The van der Waals surface area contributed by atoms with Crippen molar-refractivity contribution in [1.29, 1.82) is 5.26 Å². The van der Waals surface area contributed by atoms with Crippen LogP contribution in [0.25, 0.3) is 16.2 Å². The smallest absolute Gasteiger partial charge is 0.311 e. The number of thiophene rings is 2. The molecule has 1 amide bonds. The Bertz CT molecular complexity index is 1410. The minimum atomic E-state index is -4.69. The summed E-state index contributed by atoms with van der Waals surface area (Å²) in [4.78, 5) is 18.8. The number of hydrogen-bond acceptors (Lipinski definition) is 6. The molecule has 1 atom stereocenters. The van der Waals surface area contributed by atoms with Crippen molar-refractivity contribution in [2.45, 2.75) is 32.4 Å². The molecule has 0 saturated heterocycles. The first-order chi connectivity index (χ1) is 15.7. The largest absolute Gasteiger partial charge is 0.433 e. The molecule has 11 heteroatoms. The van der Waals surface area contributed by atoms with Gasteiger partial charge in [-0.2, -0.15) is 23.5 Å². The molecule has 4 aromatic rings. The molecule has 0 radical (unpaired) electrons. The molecule has 5 rings (SSSR count). The molecular formula is C22H16F3N5OS2. The Morgan fingerprint density at radius 1 is 1.36 bits per heavy atom. The molecule has 0 saturated carbocycles. The van der Waals surface area contributed by atoms with E-state index in [4.69, 9.17) is 0 Å². The molecule has 4 heterocycles. The van der Waals surface area contributed by atoms with E-state index in [0.29, 0.717) is 25.9 Å². The molecule has 33 heavy (non-hydrogen) atoms. The molecule has 0 unspecified atom stereocenters. The van der Waals surface area contributed by atoms with Gasteiger partial charge in [0, 0.05) is 10.9 Å². The number of hydrogen-bond donors (Lipinski definition) is 1. The first-order valence-electron chi connectivity index (χ1n) is 10.1. The zero-order valence-electron chi connectivity index (χ0n) is 17.2. The maximum atomic E-state index is 13.7. The summed E-state index contributed by atoms with van der Waals surface area (Å²) in [6.45, 7) is 2.14. The van der Waals surface area contributed by atoms with E-state index in [1.165, 1.54) is 28.7 Å². The summed E-state index contributed by atoms with van der Waals surface area (Å²) in [7, 11) is 0. The van der Waals surface area contributed by atoms with Crippen LogP contribution in [0, 0.1) is 17.2 Å². The number of alkyl halides is 3. The van der Waals surface area contributed by atoms with Crippen LogP contribution in [0.5, 0.6) is 0 Å². The Morgan fingerprint density at radius 2 is 2.18 bits per heavy atom. The lowest BCUT2D eigenvalue weighted by molar-refractivity contribution is -0.142. The lowest BCUT2D eigenvalue weighted by Gasteiger charge is -2.17. The van der Waals surface area contributed by atoms with Crippen LogP contribution < -0.4 is 5.32 Å². The molecule has 0 spiro atoms. The summed E-state index contributed by atoms with van der Waals surface area (Å²) in [6, 6.07) is 7.72. The predicted molar refractivity (Wildman–Crippen MR) is 119 cm³/mol. The minimum Gasteiger partial charge on any atom is -0.311 e. The number of halogens is 3. The number of nitrogens with zero attached hydrogens (tertiary/aromatic N) is 4. The van der Waals surface area contributed by atoms with E-state index in [-0.39, 0.29) is 17.0 Å². The summed E-state index contributed by atoms with van der Waals surface area (Å²) >= 11 is 2.61. The Kier molecular flexibility index (Phi) is 5.22. The average molecular weight is 488 g/mol. The van der Waals surface area contributed by atoms with Crippen molar-refractivity contribution < 1.29 is 18.0 Å². The van der Waals surface area contributed by atoms with Crippen molar-refractivity contribution in [2.24, 2.45) is 5.92 Å². The number of aromatic nitrogens is 3. The number of rotatable bonds is 3. The zero-order chi connectivity index (χ0) is 23.3. The SMILES string of the molecule is C[C@H]1CCc2c(sc(NC(=O)c3cc4nc(-c5cccs5)cc(C(F)(F)F)n4n3)c2C#N)C1. The van der Waals surface area contributed by atoms with Crippen molar-refractivity contribution in [3.8, 4) is 16.6 Å². The van der Waals surface area contributed by atoms with E-state index in [9.17, 15) is 23.2 Å². The van der Waals surface area contributed by atoms with E-state index in [1.54, 1.807) is 17.5 Å². The highest BCUT2D eigenvalue weighted by Crippen LogP contribution is 2.39.